The van der Waals surface area contributed by atoms with Crippen LogP contribution in [0, 0.1) is 5.82 Å². The van der Waals surface area contributed by atoms with E-state index < -0.39 is 0 Å². The van der Waals surface area contributed by atoms with Crippen molar-refractivity contribution in [3.63, 3.8) is 0 Å². The largest absolute Gasteiger partial charge is 0.325 e. The zero-order valence-electron chi connectivity index (χ0n) is 13.5. The molecule has 1 aliphatic rings. The molecule has 0 saturated heterocycles. The molecular weight excluding hydrogens is 309 g/mol. The Balaban J connectivity index is 2.15. The van der Waals surface area contributed by atoms with Gasteiger partial charge in [-0.05, 0) is 56.2 Å². The van der Waals surface area contributed by atoms with E-state index in [2.05, 4.69) is 10.4 Å². The Labute approximate surface area is 138 Å². The highest BCUT2D eigenvalue weighted by Crippen LogP contribution is 2.30. The van der Waals surface area contributed by atoms with Crippen LogP contribution in [0.5, 0.6) is 0 Å². The summed E-state index contributed by atoms with van der Waals surface area (Å²) < 4.78 is 14.6. The second-order valence-electron chi connectivity index (χ2n) is 6.00. The maximum absolute atomic E-state index is 13.2. The molecule has 0 bridgehead atoms. The average Bonchev–Trinajstić information content (AvgIpc) is 2.56. The summed E-state index contributed by atoms with van der Waals surface area (Å²) in [7, 11) is 0. The van der Waals surface area contributed by atoms with Crippen molar-refractivity contribution in [1.29, 1.82) is 0 Å². The Morgan fingerprint density at radius 1 is 1.08 bits per heavy atom. The number of nitrogens with one attached hydrogen (secondary N) is 1. The van der Waals surface area contributed by atoms with E-state index in [0.29, 0.717) is 29.8 Å². The summed E-state index contributed by atoms with van der Waals surface area (Å²) in [5, 5.41) is 7.29. The van der Waals surface area contributed by atoms with Crippen molar-refractivity contribution in [2.24, 2.45) is 0 Å². The van der Waals surface area contributed by atoms with E-state index in [-0.39, 0.29) is 23.3 Å². The smallest absolute Gasteiger partial charge is 0.267 e. The molecule has 124 valence electrons. The molecule has 1 aromatic heterocycles. The number of aromatic nitrogens is 2. The number of nitrogens with zero attached hydrogens (tertiary/aromatic N) is 2. The molecule has 0 aliphatic carbocycles. The number of halogens is 1. The first-order valence-corrected chi connectivity index (χ1v) is 7.85. The van der Waals surface area contributed by atoms with Gasteiger partial charge >= 0.3 is 0 Å². The standard InChI is InChI=1S/C18H18FN3O2/c1-11(2)22-17(24)10-8-15(21-22)14-7-9-16(23)20-18(14)12-3-5-13(19)6-4-12/h3-6,8,10-11H,7,9H2,1-2H3,(H,20,23). The molecule has 3 rings (SSSR count). The van der Waals surface area contributed by atoms with Gasteiger partial charge in [0.1, 0.15) is 5.82 Å². The van der Waals surface area contributed by atoms with E-state index in [1.54, 1.807) is 18.2 Å². The summed E-state index contributed by atoms with van der Waals surface area (Å²) in [4.78, 5) is 23.7. The van der Waals surface area contributed by atoms with E-state index in [9.17, 15) is 14.0 Å². The molecule has 2 heterocycles. The highest BCUT2D eigenvalue weighted by molar-refractivity contribution is 6.00. The van der Waals surface area contributed by atoms with Gasteiger partial charge in [0.15, 0.2) is 0 Å². The molecule has 0 fully saturated rings. The number of amides is 1. The molecule has 5 nitrogen and oxygen atoms in total. The lowest BCUT2D eigenvalue weighted by molar-refractivity contribution is -0.120. The molecule has 0 spiro atoms. The summed E-state index contributed by atoms with van der Waals surface area (Å²) in [6.07, 6.45) is 0.865. The Morgan fingerprint density at radius 2 is 1.79 bits per heavy atom. The first-order valence-electron chi connectivity index (χ1n) is 7.85. The number of hydrogen-bond donors (Lipinski definition) is 1. The minimum absolute atomic E-state index is 0.0643. The van der Waals surface area contributed by atoms with E-state index in [1.807, 2.05) is 13.8 Å². The Kier molecular flexibility index (Phi) is 4.29. The zero-order valence-corrected chi connectivity index (χ0v) is 13.5. The first kappa shape index (κ1) is 16.1. The number of hydrogen-bond acceptors (Lipinski definition) is 3. The molecule has 1 aromatic carbocycles. The number of carbonyl (C=O) groups excluding carboxylic acids is 1. The maximum Gasteiger partial charge on any atom is 0.267 e. The molecule has 0 radical (unpaired) electrons. The summed E-state index contributed by atoms with van der Waals surface area (Å²) in [5.74, 6) is -0.426. The van der Waals surface area contributed by atoms with Crippen molar-refractivity contribution in [3.05, 3.63) is 63.8 Å². The van der Waals surface area contributed by atoms with Crippen LogP contribution in [0.1, 0.15) is 44.0 Å². The fourth-order valence-electron chi connectivity index (χ4n) is 2.72. The molecule has 24 heavy (non-hydrogen) atoms. The van der Waals surface area contributed by atoms with Crippen LogP contribution in [0.4, 0.5) is 4.39 Å². The van der Waals surface area contributed by atoms with Crippen molar-refractivity contribution >= 4 is 17.2 Å². The maximum atomic E-state index is 13.2. The van der Waals surface area contributed by atoms with E-state index in [4.69, 9.17) is 0 Å². The monoisotopic (exact) mass is 327 g/mol. The van der Waals surface area contributed by atoms with Gasteiger partial charge in [-0.15, -0.1) is 0 Å². The topological polar surface area (TPSA) is 64.0 Å². The predicted molar refractivity (Wildman–Crippen MR) is 89.5 cm³/mol. The van der Waals surface area contributed by atoms with Gasteiger partial charge in [-0.2, -0.15) is 5.10 Å². The quantitative estimate of drug-likeness (QED) is 0.943. The Bertz CT molecular complexity index is 867. The number of carbonyl (C=O) groups is 1. The summed E-state index contributed by atoms with van der Waals surface area (Å²) in [5.41, 5.74) is 2.65. The third-order valence-corrected chi connectivity index (χ3v) is 3.92. The van der Waals surface area contributed by atoms with Crippen molar-refractivity contribution in [2.45, 2.75) is 32.7 Å². The first-order chi connectivity index (χ1) is 11.5. The van der Waals surface area contributed by atoms with Crippen LogP contribution in [-0.2, 0) is 4.79 Å². The molecule has 6 heteroatoms. The van der Waals surface area contributed by atoms with Gasteiger partial charge in [0.2, 0.25) is 5.91 Å². The second-order valence-corrected chi connectivity index (χ2v) is 6.00. The van der Waals surface area contributed by atoms with E-state index >= 15 is 0 Å². The second kappa shape index (κ2) is 6.39. The van der Waals surface area contributed by atoms with Crippen LogP contribution >= 0.6 is 0 Å². The van der Waals surface area contributed by atoms with Crippen molar-refractivity contribution < 1.29 is 9.18 Å². The predicted octanol–water partition coefficient (Wildman–Crippen LogP) is 2.74. The number of allylic oxidation sites excluding steroid dienone is 1. The molecule has 1 N–H and O–H groups in total. The third kappa shape index (κ3) is 3.13. The lowest BCUT2D eigenvalue weighted by Crippen LogP contribution is -2.29. The van der Waals surface area contributed by atoms with Gasteiger partial charge in [-0.1, -0.05) is 0 Å². The van der Waals surface area contributed by atoms with E-state index in [0.717, 1.165) is 5.57 Å². The van der Waals surface area contributed by atoms with Gasteiger partial charge in [0.05, 0.1) is 17.4 Å². The summed E-state index contributed by atoms with van der Waals surface area (Å²) in [6, 6.07) is 9.02. The lowest BCUT2D eigenvalue weighted by Gasteiger charge is -2.22. The summed E-state index contributed by atoms with van der Waals surface area (Å²) in [6.45, 7) is 3.77. The van der Waals surface area contributed by atoms with Crippen LogP contribution in [0.15, 0.2) is 41.2 Å². The molecule has 0 unspecified atom stereocenters. The number of benzene rings is 1. The van der Waals surface area contributed by atoms with Gasteiger partial charge < -0.3 is 5.32 Å². The van der Waals surface area contributed by atoms with Gasteiger partial charge in [-0.3, -0.25) is 9.59 Å². The fraction of sp³-hybridized carbons (Fsp3) is 0.278. The van der Waals surface area contributed by atoms with Gasteiger partial charge in [-0.25, -0.2) is 9.07 Å². The van der Waals surface area contributed by atoms with Gasteiger partial charge in [0.25, 0.3) is 5.56 Å². The van der Waals surface area contributed by atoms with Crippen LogP contribution in [-0.4, -0.2) is 15.7 Å². The van der Waals surface area contributed by atoms with Crippen LogP contribution < -0.4 is 10.9 Å². The Morgan fingerprint density at radius 3 is 2.46 bits per heavy atom. The van der Waals surface area contributed by atoms with Crippen LogP contribution in [0.25, 0.3) is 11.3 Å². The zero-order chi connectivity index (χ0) is 17.3. The van der Waals surface area contributed by atoms with Crippen molar-refractivity contribution in [1.82, 2.24) is 15.1 Å². The minimum atomic E-state index is -0.338. The molecule has 1 aliphatic heterocycles. The van der Waals surface area contributed by atoms with Gasteiger partial charge in [0, 0.05) is 18.1 Å². The van der Waals surface area contributed by atoms with Crippen molar-refractivity contribution in [3.8, 4) is 0 Å². The number of rotatable bonds is 3. The van der Waals surface area contributed by atoms with Crippen LogP contribution in [0.2, 0.25) is 0 Å². The minimum Gasteiger partial charge on any atom is -0.325 e. The Hall–Kier alpha value is -2.76. The third-order valence-electron chi connectivity index (χ3n) is 3.92. The van der Waals surface area contributed by atoms with Crippen molar-refractivity contribution in [2.75, 3.05) is 0 Å². The molecule has 2 aromatic rings. The molecule has 1 amide bonds. The SMILES string of the molecule is CC(C)n1nc(C2=C(c3ccc(F)cc3)NC(=O)CC2)ccc1=O. The highest BCUT2D eigenvalue weighted by atomic mass is 19.1. The molecule has 0 saturated carbocycles. The summed E-state index contributed by atoms with van der Waals surface area (Å²) >= 11 is 0. The highest BCUT2D eigenvalue weighted by Gasteiger charge is 2.22. The van der Waals surface area contributed by atoms with E-state index in [1.165, 1.54) is 22.9 Å². The van der Waals surface area contributed by atoms with Crippen LogP contribution in [0.3, 0.4) is 0 Å². The lowest BCUT2D eigenvalue weighted by atomic mass is 9.96. The molecule has 0 atom stereocenters. The normalized spacial score (nSPS) is 14.9. The average molecular weight is 327 g/mol. The fourth-order valence-corrected chi connectivity index (χ4v) is 2.72. The molecular formula is C18H18FN3O2.